The summed E-state index contributed by atoms with van der Waals surface area (Å²) in [5.41, 5.74) is 2.01. The average Bonchev–Trinajstić information content (AvgIpc) is 3.18. The van der Waals surface area contributed by atoms with Gasteiger partial charge in [-0.2, -0.15) is 0 Å². The van der Waals surface area contributed by atoms with Gasteiger partial charge in [-0.3, -0.25) is 14.5 Å². The minimum Gasteiger partial charge on any atom is -0.442 e. The first-order valence-electron chi connectivity index (χ1n) is 10.8. The smallest absolute Gasteiger partial charge is 0.414 e. The second-order valence-electron chi connectivity index (χ2n) is 8.15. The van der Waals surface area contributed by atoms with Crippen molar-refractivity contribution in [2.75, 3.05) is 31.1 Å². The van der Waals surface area contributed by atoms with Crippen LogP contribution < -0.4 is 10.2 Å². The van der Waals surface area contributed by atoms with Crippen LogP contribution in [-0.2, 0) is 9.53 Å². The first-order chi connectivity index (χ1) is 15.4. The normalized spacial score (nSPS) is 18.4. The highest BCUT2D eigenvalue weighted by Gasteiger charge is 2.32. The number of nitrogens with zero attached hydrogens (tertiary/aromatic N) is 2. The summed E-state index contributed by atoms with van der Waals surface area (Å²) in [7, 11) is 0. The second-order valence-corrected chi connectivity index (χ2v) is 8.15. The number of piperidine rings is 1. The predicted octanol–water partition coefficient (Wildman–Crippen LogP) is 3.58. The molecule has 1 N–H and O–H groups in total. The SMILES string of the molecule is CC(=O)NC[C@H]1CN(c2ccc(-c3ccc(C(=O)N4CCCCC4)cc3)c(F)c2)C(=O)O1. The third-order valence-corrected chi connectivity index (χ3v) is 5.80. The lowest BCUT2D eigenvalue weighted by Gasteiger charge is -2.26. The molecule has 8 heteroatoms. The van der Waals surface area contributed by atoms with Crippen molar-refractivity contribution in [1.29, 1.82) is 0 Å². The summed E-state index contributed by atoms with van der Waals surface area (Å²) in [5, 5.41) is 2.61. The zero-order chi connectivity index (χ0) is 22.7. The van der Waals surface area contributed by atoms with Gasteiger partial charge in [-0.25, -0.2) is 9.18 Å². The van der Waals surface area contributed by atoms with Gasteiger partial charge < -0.3 is 15.0 Å². The van der Waals surface area contributed by atoms with Crippen molar-refractivity contribution in [3.8, 4) is 11.1 Å². The third kappa shape index (κ3) is 4.74. The zero-order valence-corrected chi connectivity index (χ0v) is 18.0. The van der Waals surface area contributed by atoms with Gasteiger partial charge >= 0.3 is 6.09 Å². The van der Waals surface area contributed by atoms with E-state index in [1.165, 1.54) is 17.9 Å². The third-order valence-electron chi connectivity index (χ3n) is 5.80. The van der Waals surface area contributed by atoms with Gasteiger partial charge in [0.25, 0.3) is 5.91 Å². The number of amides is 3. The van der Waals surface area contributed by atoms with Crippen LogP contribution in [0.2, 0.25) is 0 Å². The van der Waals surface area contributed by atoms with E-state index in [9.17, 15) is 18.8 Å². The van der Waals surface area contributed by atoms with Gasteiger partial charge in [-0.1, -0.05) is 12.1 Å². The summed E-state index contributed by atoms with van der Waals surface area (Å²) in [5.74, 6) is -0.678. The van der Waals surface area contributed by atoms with E-state index in [4.69, 9.17) is 4.74 Å². The molecule has 0 unspecified atom stereocenters. The lowest BCUT2D eigenvalue weighted by atomic mass is 10.0. The fraction of sp³-hybridized carbons (Fsp3) is 0.375. The van der Waals surface area contributed by atoms with Crippen LogP contribution in [0.25, 0.3) is 11.1 Å². The molecule has 1 atom stereocenters. The fourth-order valence-electron chi connectivity index (χ4n) is 4.07. The molecule has 7 nitrogen and oxygen atoms in total. The van der Waals surface area contributed by atoms with E-state index in [1.807, 2.05) is 4.90 Å². The Kier molecular flexibility index (Phi) is 6.39. The van der Waals surface area contributed by atoms with E-state index >= 15 is 0 Å². The maximum Gasteiger partial charge on any atom is 0.414 e. The highest BCUT2D eigenvalue weighted by Crippen LogP contribution is 2.29. The summed E-state index contributed by atoms with van der Waals surface area (Å²) in [4.78, 5) is 39.1. The number of halogens is 1. The van der Waals surface area contributed by atoms with Gasteiger partial charge in [0.15, 0.2) is 0 Å². The van der Waals surface area contributed by atoms with Crippen molar-refractivity contribution in [3.05, 3.63) is 53.8 Å². The molecule has 2 fully saturated rings. The van der Waals surface area contributed by atoms with Crippen molar-refractivity contribution in [2.45, 2.75) is 32.3 Å². The first kappa shape index (κ1) is 21.8. The second kappa shape index (κ2) is 9.38. The van der Waals surface area contributed by atoms with Crippen LogP contribution in [0.1, 0.15) is 36.5 Å². The van der Waals surface area contributed by atoms with Crippen molar-refractivity contribution >= 4 is 23.6 Å². The van der Waals surface area contributed by atoms with E-state index in [-0.39, 0.29) is 24.9 Å². The average molecular weight is 439 g/mol. The fourth-order valence-corrected chi connectivity index (χ4v) is 4.07. The van der Waals surface area contributed by atoms with Crippen LogP contribution >= 0.6 is 0 Å². The number of hydrogen-bond donors (Lipinski definition) is 1. The van der Waals surface area contributed by atoms with Crippen molar-refractivity contribution in [1.82, 2.24) is 10.2 Å². The van der Waals surface area contributed by atoms with Crippen LogP contribution in [0.4, 0.5) is 14.9 Å². The van der Waals surface area contributed by atoms with Gasteiger partial charge in [0.05, 0.1) is 18.8 Å². The van der Waals surface area contributed by atoms with Gasteiger partial charge in [0.1, 0.15) is 11.9 Å². The number of ether oxygens (including phenoxy) is 1. The molecule has 168 valence electrons. The molecule has 2 aromatic rings. The lowest BCUT2D eigenvalue weighted by molar-refractivity contribution is -0.119. The number of hydrogen-bond acceptors (Lipinski definition) is 4. The Bertz CT molecular complexity index is 1020. The van der Waals surface area contributed by atoms with Crippen LogP contribution in [0.3, 0.4) is 0 Å². The Morgan fingerprint density at radius 2 is 1.81 bits per heavy atom. The maximum atomic E-state index is 14.9. The number of cyclic esters (lactones) is 1. The quantitative estimate of drug-likeness (QED) is 0.773. The van der Waals surface area contributed by atoms with E-state index in [1.54, 1.807) is 36.4 Å². The molecule has 3 amide bonds. The molecule has 0 aliphatic carbocycles. The first-order valence-corrected chi connectivity index (χ1v) is 10.8. The predicted molar refractivity (Wildman–Crippen MR) is 118 cm³/mol. The molecule has 4 rings (SSSR count). The Hall–Kier alpha value is -3.42. The maximum absolute atomic E-state index is 14.9. The summed E-state index contributed by atoms with van der Waals surface area (Å²) >= 11 is 0. The van der Waals surface area contributed by atoms with E-state index in [0.717, 1.165) is 32.4 Å². The number of nitrogens with one attached hydrogen (secondary N) is 1. The van der Waals surface area contributed by atoms with Crippen molar-refractivity contribution in [2.24, 2.45) is 0 Å². The van der Waals surface area contributed by atoms with Gasteiger partial charge in [0.2, 0.25) is 5.91 Å². The topological polar surface area (TPSA) is 79.0 Å². The molecule has 0 spiro atoms. The van der Waals surface area contributed by atoms with Crippen LogP contribution in [0.15, 0.2) is 42.5 Å². The molecular weight excluding hydrogens is 413 g/mol. The Balaban J connectivity index is 1.46. The van der Waals surface area contributed by atoms with Crippen molar-refractivity contribution < 1.29 is 23.5 Å². The summed E-state index contributed by atoms with van der Waals surface area (Å²) in [6.45, 7) is 3.38. The number of likely N-dealkylation sites (tertiary alicyclic amines) is 1. The van der Waals surface area contributed by atoms with Crippen LogP contribution in [0.5, 0.6) is 0 Å². The molecule has 2 saturated heterocycles. The molecule has 0 aromatic heterocycles. The molecule has 2 heterocycles. The molecule has 32 heavy (non-hydrogen) atoms. The number of benzene rings is 2. The molecule has 2 aliphatic heterocycles. The largest absolute Gasteiger partial charge is 0.442 e. The molecule has 0 bridgehead atoms. The Morgan fingerprint density at radius 1 is 1.09 bits per heavy atom. The number of rotatable bonds is 5. The molecule has 2 aliphatic rings. The lowest BCUT2D eigenvalue weighted by Crippen LogP contribution is -2.35. The zero-order valence-electron chi connectivity index (χ0n) is 18.0. The molecular formula is C24H26FN3O4. The summed E-state index contributed by atoms with van der Waals surface area (Å²) in [6.07, 6.45) is 2.15. The molecule has 0 radical (unpaired) electrons. The van der Waals surface area contributed by atoms with Gasteiger partial charge in [0, 0.05) is 31.1 Å². The highest BCUT2D eigenvalue weighted by molar-refractivity contribution is 5.95. The summed E-state index contributed by atoms with van der Waals surface area (Å²) < 4.78 is 20.1. The number of carbonyl (C=O) groups excluding carboxylic acids is 3. The van der Waals surface area contributed by atoms with Gasteiger partial charge in [-0.15, -0.1) is 0 Å². The molecule has 0 saturated carbocycles. The van der Waals surface area contributed by atoms with Crippen LogP contribution in [-0.4, -0.2) is 55.1 Å². The Labute approximate surface area is 186 Å². The van der Waals surface area contributed by atoms with Crippen molar-refractivity contribution in [3.63, 3.8) is 0 Å². The number of anilines is 1. The monoisotopic (exact) mass is 439 g/mol. The standard InChI is InChI=1S/C24H26FN3O4/c1-16(29)26-14-20-15-28(24(31)32-20)19-9-10-21(22(25)13-19)17-5-7-18(8-6-17)23(30)27-11-3-2-4-12-27/h5-10,13,20H,2-4,11-12,14-15H2,1H3,(H,26,29)/t20-/m0/s1. The molecule has 2 aromatic carbocycles. The highest BCUT2D eigenvalue weighted by atomic mass is 19.1. The van der Waals surface area contributed by atoms with E-state index < -0.39 is 18.0 Å². The minimum atomic E-state index is -0.576. The number of carbonyl (C=O) groups is 3. The van der Waals surface area contributed by atoms with Gasteiger partial charge in [-0.05, 0) is 55.2 Å². The van der Waals surface area contributed by atoms with E-state index in [0.29, 0.717) is 22.4 Å². The Morgan fingerprint density at radius 3 is 2.47 bits per heavy atom. The minimum absolute atomic E-state index is 0.00781. The van der Waals surface area contributed by atoms with Crippen LogP contribution in [0, 0.1) is 5.82 Å². The van der Waals surface area contributed by atoms with E-state index in [2.05, 4.69) is 5.32 Å². The summed E-state index contributed by atoms with van der Waals surface area (Å²) in [6, 6.07) is 11.5.